The van der Waals surface area contributed by atoms with Crippen LogP contribution in [0.3, 0.4) is 0 Å². The van der Waals surface area contributed by atoms with Gasteiger partial charge in [-0.25, -0.2) is 5.43 Å². The molecule has 3 rings (SSSR count). The number of benzene rings is 2. The summed E-state index contributed by atoms with van der Waals surface area (Å²) >= 11 is 8.09. The third-order valence-electron chi connectivity index (χ3n) is 4.85. The van der Waals surface area contributed by atoms with E-state index in [0.717, 1.165) is 12.8 Å². The first kappa shape index (κ1) is 26.7. The van der Waals surface area contributed by atoms with Crippen LogP contribution in [0.25, 0.3) is 0 Å². The van der Waals surface area contributed by atoms with Crippen LogP contribution in [-0.4, -0.2) is 56.9 Å². The Morgan fingerprint density at radius 1 is 1.26 bits per heavy atom. The molecule has 2 aromatic carbocycles. The van der Waals surface area contributed by atoms with Gasteiger partial charge in [0.15, 0.2) is 18.1 Å². The second kappa shape index (κ2) is 13.3. The minimum Gasteiger partial charge on any atom is -0.493 e. The van der Waals surface area contributed by atoms with Crippen molar-refractivity contribution in [3.05, 3.63) is 50.6 Å². The molecule has 1 fully saturated rings. The van der Waals surface area contributed by atoms with Crippen LogP contribution in [-0.2, 0) is 19.1 Å². The van der Waals surface area contributed by atoms with Crippen LogP contribution >= 0.6 is 34.2 Å². The number of rotatable bonds is 9. The maximum Gasteiger partial charge on any atom is 0.329 e. The van der Waals surface area contributed by atoms with Crippen molar-refractivity contribution in [3.8, 4) is 11.5 Å². The zero-order valence-corrected chi connectivity index (χ0v) is 21.7. The molecule has 1 aliphatic rings. The van der Waals surface area contributed by atoms with Crippen LogP contribution < -0.4 is 25.5 Å². The zero-order chi connectivity index (χ0) is 25.2. The second-order valence-electron chi connectivity index (χ2n) is 7.39. The lowest BCUT2D eigenvalue weighted by molar-refractivity contribution is -0.139. The SMILES string of the molecule is COc1cc(/C=N\NC(=O)C(=O)NC[C@H]2CCCO2)cc(I)c1OCC(=O)Nc1ccccc1Cl. The molecule has 0 radical (unpaired) electrons. The third kappa shape index (κ3) is 8.08. The van der Waals surface area contributed by atoms with Gasteiger partial charge in [-0.05, 0) is 65.3 Å². The normalized spacial score (nSPS) is 15.0. The van der Waals surface area contributed by atoms with Gasteiger partial charge in [-0.15, -0.1) is 0 Å². The molecule has 1 saturated heterocycles. The topological polar surface area (TPSA) is 127 Å². The van der Waals surface area contributed by atoms with Gasteiger partial charge in [-0.1, -0.05) is 23.7 Å². The van der Waals surface area contributed by atoms with E-state index >= 15 is 0 Å². The van der Waals surface area contributed by atoms with Gasteiger partial charge in [0.05, 0.1) is 33.7 Å². The third-order valence-corrected chi connectivity index (χ3v) is 5.98. The molecule has 0 aromatic heterocycles. The highest BCUT2D eigenvalue weighted by Gasteiger charge is 2.19. The van der Waals surface area contributed by atoms with Gasteiger partial charge < -0.3 is 24.8 Å². The van der Waals surface area contributed by atoms with Crippen molar-refractivity contribution in [2.75, 3.05) is 32.2 Å². The summed E-state index contributed by atoms with van der Waals surface area (Å²) < 4.78 is 17.1. The van der Waals surface area contributed by atoms with E-state index in [0.29, 0.717) is 37.9 Å². The number of para-hydroxylation sites is 1. The fourth-order valence-corrected chi connectivity index (χ4v) is 4.11. The average molecular weight is 615 g/mol. The Bertz CT molecular complexity index is 1110. The van der Waals surface area contributed by atoms with Gasteiger partial charge in [-0.2, -0.15) is 5.10 Å². The van der Waals surface area contributed by atoms with Crippen molar-refractivity contribution in [2.45, 2.75) is 18.9 Å². The molecule has 1 heterocycles. The number of carbonyl (C=O) groups is 3. The number of hydrogen-bond donors (Lipinski definition) is 3. The molecule has 0 bridgehead atoms. The minimum atomic E-state index is -0.884. The molecule has 0 saturated carbocycles. The van der Waals surface area contributed by atoms with E-state index in [-0.39, 0.29) is 25.2 Å². The first-order valence-corrected chi connectivity index (χ1v) is 12.1. The molecule has 35 heavy (non-hydrogen) atoms. The number of ether oxygens (including phenoxy) is 3. The second-order valence-corrected chi connectivity index (χ2v) is 8.96. The molecule has 0 aliphatic carbocycles. The van der Waals surface area contributed by atoms with Crippen LogP contribution in [0.1, 0.15) is 18.4 Å². The Kier molecular flexibility index (Phi) is 10.1. The minimum absolute atomic E-state index is 0.0623. The van der Waals surface area contributed by atoms with E-state index in [2.05, 4.69) is 21.2 Å². The van der Waals surface area contributed by atoms with Crippen molar-refractivity contribution >= 4 is 63.8 Å². The fourth-order valence-electron chi connectivity index (χ4n) is 3.15. The van der Waals surface area contributed by atoms with Crippen LogP contribution in [0.15, 0.2) is 41.5 Å². The van der Waals surface area contributed by atoms with Crippen LogP contribution in [0.4, 0.5) is 5.69 Å². The maximum atomic E-state index is 12.3. The molecular weight excluding hydrogens is 591 g/mol. The summed E-state index contributed by atoms with van der Waals surface area (Å²) in [4.78, 5) is 36.0. The Hall–Kier alpha value is -2.90. The molecule has 3 amide bonds. The summed E-state index contributed by atoms with van der Waals surface area (Å²) in [6.45, 7) is 0.685. The number of hydrazone groups is 1. The van der Waals surface area contributed by atoms with Crippen molar-refractivity contribution in [3.63, 3.8) is 0 Å². The van der Waals surface area contributed by atoms with Gasteiger partial charge >= 0.3 is 11.8 Å². The predicted molar refractivity (Wildman–Crippen MR) is 139 cm³/mol. The van der Waals surface area contributed by atoms with E-state index < -0.39 is 11.8 Å². The van der Waals surface area contributed by atoms with E-state index in [1.165, 1.54) is 13.3 Å². The van der Waals surface area contributed by atoms with Gasteiger partial charge in [-0.3, -0.25) is 14.4 Å². The molecule has 0 unspecified atom stereocenters. The lowest BCUT2D eigenvalue weighted by Crippen LogP contribution is -2.41. The van der Waals surface area contributed by atoms with Crippen molar-refractivity contribution in [1.29, 1.82) is 0 Å². The Morgan fingerprint density at radius 2 is 2.06 bits per heavy atom. The number of nitrogens with one attached hydrogen (secondary N) is 3. The molecule has 3 N–H and O–H groups in total. The number of carbonyl (C=O) groups excluding carboxylic acids is 3. The molecule has 2 aromatic rings. The summed E-state index contributed by atoms with van der Waals surface area (Å²) in [5.74, 6) is -1.32. The van der Waals surface area contributed by atoms with E-state index in [1.54, 1.807) is 36.4 Å². The summed E-state index contributed by atoms with van der Waals surface area (Å²) in [5.41, 5.74) is 3.25. The van der Waals surface area contributed by atoms with Gasteiger partial charge in [0.2, 0.25) is 0 Å². The van der Waals surface area contributed by atoms with E-state index in [1.807, 2.05) is 22.6 Å². The van der Waals surface area contributed by atoms with Gasteiger partial charge in [0.1, 0.15) is 0 Å². The van der Waals surface area contributed by atoms with E-state index in [9.17, 15) is 14.4 Å². The van der Waals surface area contributed by atoms with E-state index in [4.69, 9.17) is 25.8 Å². The van der Waals surface area contributed by atoms with Crippen LogP contribution in [0.5, 0.6) is 11.5 Å². The fraction of sp³-hybridized carbons (Fsp3) is 0.304. The summed E-state index contributed by atoms with van der Waals surface area (Å²) in [6.07, 6.45) is 3.10. The lowest BCUT2D eigenvalue weighted by atomic mass is 10.2. The molecular formula is C23H24ClIN4O6. The Balaban J connectivity index is 1.53. The number of anilines is 1. The van der Waals surface area contributed by atoms with Crippen LogP contribution in [0, 0.1) is 3.57 Å². The Labute approximate surface area is 220 Å². The number of nitrogens with zero attached hydrogens (tertiary/aromatic N) is 1. The number of halogens is 2. The first-order valence-electron chi connectivity index (χ1n) is 10.6. The largest absolute Gasteiger partial charge is 0.493 e. The molecule has 10 nitrogen and oxygen atoms in total. The molecule has 1 atom stereocenters. The van der Waals surface area contributed by atoms with Crippen molar-refractivity contribution in [1.82, 2.24) is 10.7 Å². The van der Waals surface area contributed by atoms with Gasteiger partial charge in [0.25, 0.3) is 5.91 Å². The highest BCUT2D eigenvalue weighted by molar-refractivity contribution is 14.1. The quantitative estimate of drug-likeness (QED) is 0.173. The van der Waals surface area contributed by atoms with Crippen molar-refractivity contribution in [2.24, 2.45) is 5.10 Å². The first-order chi connectivity index (χ1) is 16.9. The molecule has 0 spiro atoms. The summed E-state index contributed by atoms with van der Waals surface area (Å²) in [6, 6.07) is 10.2. The molecule has 1 aliphatic heterocycles. The lowest BCUT2D eigenvalue weighted by Gasteiger charge is -2.14. The monoisotopic (exact) mass is 614 g/mol. The molecule has 186 valence electrons. The predicted octanol–water partition coefficient (Wildman–Crippen LogP) is 2.72. The van der Waals surface area contributed by atoms with Crippen molar-refractivity contribution < 1.29 is 28.6 Å². The number of hydrogen-bond acceptors (Lipinski definition) is 7. The highest BCUT2D eigenvalue weighted by atomic mass is 127. The summed E-state index contributed by atoms with van der Waals surface area (Å²) in [5, 5.41) is 9.45. The molecule has 12 heteroatoms. The average Bonchev–Trinajstić information content (AvgIpc) is 3.36. The maximum absolute atomic E-state index is 12.3. The highest BCUT2D eigenvalue weighted by Crippen LogP contribution is 2.33. The zero-order valence-electron chi connectivity index (χ0n) is 18.8. The summed E-state index contributed by atoms with van der Waals surface area (Å²) in [7, 11) is 1.46. The smallest absolute Gasteiger partial charge is 0.329 e. The standard InChI is InChI=1S/C23H24ClIN4O6/c1-33-19-10-14(11-27-29-23(32)22(31)26-12-15-5-4-8-34-15)9-17(25)21(19)35-13-20(30)28-18-7-3-2-6-16(18)24/h2-3,6-7,9-11,15H,4-5,8,12-13H2,1H3,(H,26,31)(H,28,30)(H,29,32)/b27-11-/t15-/m1/s1. The van der Waals surface area contributed by atoms with Crippen LogP contribution in [0.2, 0.25) is 5.02 Å². The van der Waals surface area contributed by atoms with Gasteiger partial charge in [0, 0.05) is 13.2 Å². The number of methoxy groups -OCH3 is 1. The number of amides is 3. The Morgan fingerprint density at radius 3 is 2.77 bits per heavy atom.